The van der Waals surface area contributed by atoms with Crippen LogP contribution in [0.2, 0.25) is 0 Å². The van der Waals surface area contributed by atoms with E-state index in [4.69, 9.17) is 0 Å². The van der Waals surface area contributed by atoms with Crippen LogP contribution < -0.4 is 11.0 Å². The minimum absolute atomic E-state index is 0.190. The number of H-pyrrole nitrogens is 1. The molecule has 0 unspecified atom stereocenters. The summed E-state index contributed by atoms with van der Waals surface area (Å²) < 4.78 is 0. The van der Waals surface area contributed by atoms with Gasteiger partial charge in [-0.3, -0.25) is 10.2 Å². The smallest absolute Gasteiger partial charge is 0.257 e. The largest absolute Gasteiger partial charge is 0.321 e. The standard InChI is InChI=1S/C23H17N5OS/c1-14-7-8-19-16(9-14)10-17(22(29)27-19)11-26-28-21-20-18(15-5-3-2-4-6-15)12-30-23(20)25-13-24-21/h2-13H,1H3,(H,27,29)(H,24,25,28)/b26-11-. The number of fused-ring (bicyclic) bond motifs is 2. The first-order valence-electron chi connectivity index (χ1n) is 9.39. The van der Waals surface area contributed by atoms with E-state index in [-0.39, 0.29) is 5.56 Å². The number of aryl methyl sites for hydroxylation is 1. The lowest BCUT2D eigenvalue weighted by Gasteiger charge is -2.05. The molecule has 5 rings (SSSR count). The molecule has 0 atom stereocenters. The molecule has 0 fully saturated rings. The average molecular weight is 411 g/mol. The number of aromatic nitrogens is 3. The third-order valence-electron chi connectivity index (χ3n) is 4.86. The third-order valence-corrected chi connectivity index (χ3v) is 5.74. The second kappa shape index (κ2) is 7.53. The van der Waals surface area contributed by atoms with E-state index < -0.39 is 0 Å². The predicted molar refractivity (Wildman–Crippen MR) is 123 cm³/mol. The van der Waals surface area contributed by atoms with Crippen LogP contribution in [0.15, 0.2) is 76.2 Å². The highest BCUT2D eigenvalue weighted by Crippen LogP contribution is 2.36. The normalized spacial score (nSPS) is 11.5. The van der Waals surface area contributed by atoms with Gasteiger partial charge >= 0.3 is 0 Å². The second-order valence-corrected chi connectivity index (χ2v) is 7.79. The molecule has 3 heterocycles. The number of thiophene rings is 1. The molecule has 0 saturated carbocycles. The van der Waals surface area contributed by atoms with Crippen LogP contribution in [0.25, 0.3) is 32.2 Å². The highest BCUT2D eigenvalue weighted by atomic mass is 32.1. The van der Waals surface area contributed by atoms with Crippen LogP contribution in [-0.2, 0) is 0 Å². The third kappa shape index (κ3) is 3.35. The molecular formula is C23H17N5OS. The van der Waals surface area contributed by atoms with Crippen LogP contribution in [0, 0.1) is 6.92 Å². The number of aromatic amines is 1. The van der Waals surface area contributed by atoms with E-state index in [1.165, 1.54) is 12.5 Å². The number of hydrogen-bond acceptors (Lipinski definition) is 6. The molecule has 5 aromatic rings. The highest BCUT2D eigenvalue weighted by molar-refractivity contribution is 7.17. The molecule has 0 bridgehead atoms. The molecule has 3 aromatic heterocycles. The number of anilines is 1. The van der Waals surface area contributed by atoms with Crippen LogP contribution >= 0.6 is 11.3 Å². The van der Waals surface area contributed by atoms with Gasteiger partial charge in [0.05, 0.1) is 17.2 Å². The van der Waals surface area contributed by atoms with Gasteiger partial charge in [0.15, 0.2) is 5.82 Å². The fourth-order valence-electron chi connectivity index (χ4n) is 3.39. The molecule has 0 amide bonds. The Morgan fingerprint density at radius 1 is 1.10 bits per heavy atom. The molecule has 146 valence electrons. The van der Waals surface area contributed by atoms with Crippen molar-refractivity contribution in [1.82, 2.24) is 15.0 Å². The molecule has 6 nitrogen and oxygen atoms in total. The Morgan fingerprint density at radius 2 is 1.97 bits per heavy atom. The van der Waals surface area contributed by atoms with Crippen molar-refractivity contribution in [2.45, 2.75) is 6.92 Å². The maximum atomic E-state index is 12.4. The lowest BCUT2D eigenvalue weighted by molar-refractivity contribution is 1.19. The van der Waals surface area contributed by atoms with E-state index >= 15 is 0 Å². The zero-order chi connectivity index (χ0) is 20.5. The maximum Gasteiger partial charge on any atom is 0.257 e. The summed E-state index contributed by atoms with van der Waals surface area (Å²) in [6.07, 6.45) is 3.03. The minimum Gasteiger partial charge on any atom is -0.321 e. The van der Waals surface area contributed by atoms with Crippen LogP contribution in [0.3, 0.4) is 0 Å². The van der Waals surface area contributed by atoms with Gasteiger partial charge in [-0.05, 0) is 36.1 Å². The molecule has 0 aliphatic rings. The molecular weight excluding hydrogens is 394 g/mol. The Hall–Kier alpha value is -3.84. The summed E-state index contributed by atoms with van der Waals surface area (Å²) >= 11 is 1.56. The Balaban J connectivity index is 1.50. The minimum atomic E-state index is -0.190. The SMILES string of the molecule is Cc1ccc2[nH]c(=O)c(/C=N\Nc3ncnc4scc(-c5ccccc5)c34)cc2c1. The highest BCUT2D eigenvalue weighted by Gasteiger charge is 2.12. The van der Waals surface area contributed by atoms with Gasteiger partial charge in [-0.1, -0.05) is 42.0 Å². The summed E-state index contributed by atoms with van der Waals surface area (Å²) in [5.74, 6) is 0.601. The van der Waals surface area contributed by atoms with Gasteiger partial charge in [0, 0.05) is 16.5 Å². The number of nitrogens with zero attached hydrogens (tertiary/aromatic N) is 3. The summed E-state index contributed by atoms with van der Waals surface area (Å²) in [4.78, 5) is 24.9. The summed E-state index contributed by atoms with van der Waals surface area (Å²) in [6, 6.07) is 17.8. The van der Waals surface area contributed by atoms with Gasteiger partial charge in [-0.2, -0.15) is 5.10 Å². The molecule has 7 heteroatoms. The van der Waals surface area contributed by atoms with Crippen molar-refractivity contribution in [2.75, 3.05) is 5.43 Å². The Bertz CT molecular complexity index is 1450. The van der Waals surface area contributed by atoms with Crippen LogP contribution in [0.5, 0.6) is 0 Å². The van der Waals surface area contributed by atoms with E-state index in [1.54, 1.807) is 11.3 Å². The lowest BCUT2D eigenvalue weighted by atomic mass is 10.1. The van der Waals surface area contributed by atoms with E-state index in [1.807, 2.05) is 49.4 Å². The van der Waals surface area contributed by atoms with Crippen molar-refractivity contribution in [1.29, 1.82) is 0 Å². The lowest BCUT2D eigenvalue weighted by Crippen LogP contribution is -2.12. The van der Waals surface area contributed by atoms with E-state index in [2.05, 4.69) is 43.0 Å². The summed E-state index contributed by atoms with van der Waals surface area (Å²) in [5, 5.41) is 8.23. The first-order chi connectivity index (χ1) is 14.7. The van der Waals surface area contributed by atoms with Gasteiger partial charge in [0.2, 0.25) is 0 Å². The quantitative estimate of drug-likeness (QED) is 0.324. The zero-order valence-electron chi connectivity index (χ0n) is 16.1. The number of hydrazone groups is 1. The number of rotatable bonds is 4. The van der Waals surface area contributed by atoms with Gasteiger partial charge in [-0.15, -0.1) is 11.3 Å². The number of hydrogen-bond donors (Lipinski definition) is 2. The average Bonchev–Trinajstić information content (AvgIpc) is 3.20. The van der Waals surface area contributed by atoms with Gasteiger partial charge in [-0.25, -0.2) is 9.97 Å². The summed E-state index contributed by atoms with van der Waals surface area (Å²) in [5.41, 5.74) is 7.35. The van der Waals surface area contributed by atoms with Gasteiger partial charge in [0.25, 0.3) is 5.56 Å². The van der Waals surface area contributed by atoms with Crippen LogP contribution in [0.4, 0.5) is 5.82 Å². The van der Waals surface area contributed by atoms with Crippen molar-refractivity contribution in [3.63, 3.8) is 0 Å². The van der Waals surface area contributed by atoms with E-state index in [0.29, 0.717) is 11.4 Å². The van der Waals surface area contributed by atoms with Crippen molar-refractivity contribution in [2.24, 2.45) is 5.10 Å². The summed E-state index contributed by atoms with van der Waals surface area (Å²) in [7, 11) is 0. The zero-order valence-corrected chi connectivity index (χ0v) is 16.9. The molecule has 0 saturated heterocycles. The van der Waals surface area contributed by atoms with Gasteiger partial charge < -0.3 is 4.98 Å². The maximum absolute atomic E-state index is 12.4. The Kier molecular flexibility index (Phi) is 4.57. The fourth-order valence-corrected chi connectivity index (χ4v) is 4.31. The molecule has 0 spiro atoms. The molecule has 2 aromatic carbocycles. The Morgan fingerprint density at radius 3 is 2.83 bits per heavy atom. The first-order valence-corrected chi connectivity index (χ1v) is 10.3. The number of pyridine rings is 1. The second-order valence-electron chi connectivity index (χ2n) is 6.93. The number of benzene rings is 2. The van der Waals surface area contributed by atoms with Crippen molar-refractivity contribution in [3.05, 3.63) is 87.8 Å². The van der Waals surface area contributed by atoms with Crippen LogP contribution in [0.1, 0.15) is 11.1 Å². The monoisotopic (exact) mass is 411 g/mol. The molecule has 0 aliphatic carbocycles. The Labute approximate surface area is 176 Å². The van der Waals surface area contributed by atoms with Crippen molar-refractivity contribution < 1.29 is 0 Å². The van der Waals surface area contributed by atoms with Crippen molar-refractivity contribution >= 4 is 44.5 Å². The van der Waals surface area contributed by atoms with E-state index in [9.17, 15) is 4.79 Å². The topological polar surface area (TPSA) is 83.0 Å². The molecule has 0 radical (unpaired) electrons. The first kappa shape index (κ1) is 18.2. The van der Waals surface area contributed by atoms with Gasteiger partial charge in [0.1, 0.15) is 11.2 Å². The summed E-state index contributed by atoms with van der Waals surface area (Å²) in [6.45, 7) is 2.02. The molecule has 30 heavy (non-hydrogen) atoms. The fraction of sp³-hybridized carbons (Fsp3) is 0.0435. The molecule has 0 aliphatic heterocycles. The molecule has 2 N–H and O–H groups in total. The number of nitrogens with one attached hydrogen (secondary N) is 2. The van der Waals surface area contributed by atoms with E-state index in [0.717, 1.165) is 37.8 Å². The van der Waals surface area contributed by atoms with Crippen molar-refractivity contribution in [3.8, 4) is 11.1 Å². The predicted octanol–water partition coefficient (Wildman–Crippen LogP) is 4.95. The van der Waals surface area contributed by atoms with Crippen LogP contribution in [-0.4, -0.2) is 21.2 Å².